The third-order valence-corrected chi connectivity index (χ3v) is 2.45. The average Bonchev–Trinajstić information content (AvgIpc) is 2.33. The third kappa shape index (κ3) is 2.40. The first-order valence-electron chi connectivity index (χ1n) is 4.44. The van der Waals surface area contributed by atoms with Gasteiger partial charge in [0.2, 0.25) is 0 Å². The molecule has 1 N–H and O–H groups in total. The molecule has 0 fully saturated rings. The van der Waals surface area contributed by atoms with Gasteiger partial charge in [-0.2, -0.15) is 0 Å². The van der Waals surface area contributed by atoms with Gasteiger partial charge < -0.3 is 5.32 Å². The van der Waals surface area contributed by atoms with E-state index in [0.717, 1.165) is 0 Å². The molecule has 0 radical (unpaired) electrons. The highest BCUT2D eigenvalue weighted by atomic mass is 79.9. The predicted octanol–water partition coefficient (Wildman–Crippen LogP) is 1.89. The SMILES string of the molecule is O=C(Nc1ccncc1Br)c1cnccn1. The standard InChI is InChI=1S/C10H7BrN4O/c11-7-5-12-2-1-8(7)15-10(16)9-6-13-3-4-14-9/h1-6H,(H,12,15,16). The Bertz CT molecular complexity index is 503. The van der Waals surface area contributed by atoms with Crippen molar-refractivity contribution >= 4 is 27.5 Å². The molecule has 0 atom stereocenters. The van der Waals surface area contributed by atoms with Crippen LogP contribution < -0.4 is 5.32 Å². The van der Waals surface area contributed by atoms with E-state index < -0.39 is 0 Å². The van der Waals surface area contributed by atoms with Crippen LogP contribution in [-0.2, 0) is 0 Å². The zero-order valence-corrected chi connectivity index (χ0v) is 9.68. The number of anilines is 1. The van der Waals surface area contributed by atoms with Gasteiger partial charge in [0.05, 0.1) is 16.4 Å². The number of rotatable bonds is 2. The van der Waals surface area contributed by atoms with Crippen LogP contribution in [0.3, 0.4) is 0 Å². The van der Waals surface area contributed by atoms with Crippen molar-refractivity contribution in [2.75, 3.05) is 5.32 Å². The van der Waals surface area contributed by atoms with Crippen molar-refractivity contribution in [2.45, 2.75) is 0 Å². The lowest BCUT2D eigenvalue weighted by molar-refractivity contribution is 0.102. The summed E-state index contributed by atoms with van der Waals surface area (Å²) >= 11 is 3.28. The van der Waals surface area contributed by atoms with E-state index in [1.165, 1.54) is 18.6 Å². The Balaban J connectivity index is 2.18. The minimum absolute atomic E-state index is 0.270. The first-order valence-corrected chi connectivity index (χ1v) is 5.23. The van der Waals surface area contributed by atoms with Crippen LogP contribution in [0.4, 0.5) is 5.69 Å². The van der Waals surface area contributed by atoms with E-state index in [9.17, 15) is 4.79 Å². The second-order valence-electron chi connectivity index (χ2n) is 2.90. The largest absolute Gasteiger partial charge is 0.319 e. The molecule has 5 nitrogen and oxygen atoms in total. The highest BCUT2D eigenvalue weighted by Gasteiger charge is 2.08. The number of carbonyl (C=O) groups excluding carboxylic acids is 1. The minimum Gasteiger partial charge on any atom is -0.319 e. The molecule has 80 valence electrons. The van der Waals surface area contributed by atoms with Crippen LogP contribution in [0.1, 0.15) is 10.5 Å². The maximum Gasteiger partial charge on any atom is 0.275 e. The summed E-state index contributed by atoms with van der Waals surface area (Å²) in [5.74, 6) is -0.306. The Kier molecular flexibility index (Phi) is 3.21. The van der Waals surface area contributed by atoms with E-state index in [1.807, 2.05) is 0 Å². The molecule has 1 amide bonds. The van der Waals surface area contributed by atoms with E-state index in [-0.39, 0.29) is 11.6 Å². The number of carbonyl (C=O) groups is 1. The molecule has 2 heterocycles. The topological polar surface area (TPSA) is 67.8 Å². The Labute approximate surface area is 100 Å². The molecule has 2 rings (SSSR count). The molecule has 2 aromatic heterocycles. The van der Waals surface area contributed by atoms with Gasteiger partial charge >= 0.3 is 0 Å². The van der Waals surface area contributed by atoms with Gasteiger partial charge in [0.1, 0.15) is 5.69 Å². The van der Waals surface area contributed by atoms with E-state index in [0.29, 0.717) is 10.2 Å². The first-order chi connectivity index (χ1) is 7.77. The molecule has 2 aromatic rings. The van der Waals surface area contributed by atoms with Crippen molar-refractivity contribution in [3.8, 4) is 0 Å². The highest BCUT2D eigenvalue weighted by molar-refractivity contribution is 9.10. The van der Waals surface area contributed by atoms with Crippen LogP contribution >= 0.6 is 15.9 Å². The zero-order valence-electron chi connectivity index (χ0n) is 8.09. The predicted molar refractivity (Wildman–Crippen MR) is 61.9 cm³/mol. The summed E-state index contributed by atoms with van der Waals surface area (Å²) < 4.78 is 0.715. The van der Waals surface area contributed by atoms with Crippen LogP contribution in [0.15, 0.2) is 41.5 Å². The van der Waals surface area contributed by atoms with Crippen LogP contribution in [0, 0.1) is 0 Å². The van der Waals surface area contributed by atoms with Crippen LogP contribution in [0.5, 0.6) is 0 Å². The lowest BCUT2D eigenvalue weighted by atomic mass is 10.3. The molecule has 0 aromatic carbocycles. The summed E-state index contributed by atoms with van der Waals surface area (Å²) in [4.78, 5) is 23.3. The number of amides is 1. The second kappa shape index (κ2) is 4.80. The zero-order chi connectivity index (χ0) is 11.4. The Morgan fingerprint density at radius 2 is 2.00 bits per heavy atom. The van der Waals surface area contributed by atoms with Gasteiger partial charge in [-0.1, -0.05) is 0 Å². The van der Waals surface area contributed by atoms with Gasteiger partial charge in [0.15, 0.2) is 0 Å². The van der Waals surface area contributed by atoms with Gasteiger partial charge in [-0.15, -0.1) is 0 Å². The number of aromatic nitrogens is 3. The second-order valence-corrected chi connectivity index (χ2v) is 3.75. The molecular weight excluding hydrogens is 272 g/mol. The normalized spacial score (nSPS) is 9.81. The minimum atomic E-state index is -0.306. The molecule has 6 heteroatoms. The molecule has 0 saturated carbocycles. The van der Waals surface area contributed by atoms with Gasteiger partial charge in [0.25, 0.3) is 5.91 Å². The molecule has 0 aliphatic carbocycles. The fourth-order valence-electron chi connectivity index (χ4n) is 1.08. The maximum atomic E-state index is 11.7. The van der Waals surface area contributed by atoms with E-state index in [2.05, 4.69) is 36.2 Å². The fraction of sp³-hybridized carbons (Fsp3) is 0. The summed E-state index contributed by atoms with van der Waals surface area (Å²) in [5.41, 5.74) is 0.914. The van der Waals surface area contributed by atoms with Crippen LogP contribution in [-0.4, -0.2) is 20.9 Å². The Morgan fingerprint density at radius 3 is 2.69 bits per heavy atom. The van der Waals surface area contributed by atoms with Crippen molar-refractivity contribution in [3.05, 3.63) is 47.2 Å². The Morgan fingerprint density at radius 1 is 1.19 bits per heavy atom. The number of hydrogen-bond acceptors (Lipinski definition) is 4. The summed E-state index contributed by atoms with van der Waals surface area (Å²) in [6, 6.07) is 1.69. The van der Waals surface area contributed by atoms with E-state index in [4.69, 9.17) is 0 Å². The fourth-order valence-corrected chi connectivity index (χ4v) is 1.43. The Hall–Kier alpha value is -1.82. The van der Waals surface area contributed by atoms with Crippen molar-refractivity contribution in [1.82, 2.24) is 15.0 Å². The molecule has 0 spiro atoms. The van der Waals surface area contributed by atoms with E-state index >= 15 is 0 Å². The van der Waals surface area contributed by atoms with Crippen LogP contribution in [0.25, 0.3) is 0 Å². The lowest BCUT2D eigenvalue weighted by Crippen LogP contribution is -2.14. The van der Waals surface area contributed by atoms with E-state index in [1.54, 1.807) is 18.5 Å². The summed E-state index contributed by atoms with van der Waals surface area (Å²) in [6.45, 7) is 0. The molecule has 0 aliphatic rings. The molecule has 0 unspecified atom stereocenters. The van der Waals surface area contributed by atoms with Gasteiger partial charge in [0, 0.05) is 24.8 Å². The highest BCUT2D eigenvalue weighted by Crippen LogP contribution is 2.20. The summed E-state index contributed by atoms with van der Waals surface area (Å²) in [7, 11) is 0. The molecule has 16 heavy (non-hydrogen) atoms. The monoisotopic (exact) mass is 278 g/mol. The molecular formula is C10H7BrN4O. The molecule has 0 saturated heterocycles. The number of halogens is 1. The third-order valence-electron chi connectivity index (χ3n) is 1.82. The van der Waals surface area contributed by atoms with Gasteiger partial charge in [-0.3, -0.25) is 14.8 Å². The number of nitrogens with zero attached hydrogens (tertiary/aromatic N) is 3. The number of pyridine rings is 1. The average molecular weight is 279 g/mol. The number of hydrogen-bond donors (Lipinski definition) is 1. The van der Waals surface area contributed by atoms with Crippen molar-refractivity contribution in [1.29, 1.82) is 0 Å². The first kappa shape index (κ1) is 10.7. The smallest absolute Gasteiger partial charge is 0.275 e. The molecule has 0 aliphatic heterocycles. The van der Waals surface area contributed by atoms with Crippen molar-refractivity contribution in [3.63, 3.8) is 0 Å². The van der Waals surface area contributed by atoms with Crippen molar-refractivity contribution < 1.29 is 4.79 Å². The lowest BCUT2D eigenvalue weighted by Gasteiger charge is -2.05. The maximum absolute atomic E-state index is 11.7. The quantitative estimate of drug-likeness (QED) is 0.911. The van der Waals surface area contributed by atoms with Gasteiger partial charge in [-0.25, -0.2) is 4.98 Å². The summed E-state index contributed by atoms with van der Waals surface area (Å²) in [5, 5.41) is 2.70. The number of nitrogens with one attached hydrogen (secondary N) is 1. The van der Waals surface area contributed by atoms with Crippen molar-refractivity contribution in [2.24, 2.45) is 0 Å². The van der Waals surface area contributed by atoms with Crippen LogP contribution in [0.2, 0.25) is 0 Å². The molecule has 0 bridgehead atoms. The summed E-state index contributed by atoms with van der Waals surface area (Å²) in [6.07, 6.45) is 7.59. The van der Waals surface area contributed by atoms with Gasteiger partial charge in [-0.05, 0) is 22.0 Å².